The molecule has 1 unspecified atom stereocenters. The second-order valence-corrected chi connectivity index (χ2v) is 6.01. The average molecular weight is 333 g/mol. The fourth-order valence-corrected chi connectivity index (χ4v) is 3.17. The highest BCUT2D eigenvalue weighted by Crippen LogP contribution is 2.26. The van der Waals surface area contributed by atoms with Crippen LogP contribution in [0, 0.1) is 5.92 Å². The summed E-state index contributed by atoms with van der Waals surface area (Å²) < 4.78 is 1.01. The predicted molar refractivity (Wildman–Crippen MR) is 74.8 cm³/mol. The van der Waals surface area contributed by atoms with Gasteiger partial charge in [-0.05, 0) is 36.6 Å². The molecule has 0 amide bonds. The van der Waals surface area contributed by atoms with Crippen molar-refractivity contribution in [1.82, 2.24) is 4.90 Å². The van der Waals surface area contributed by atoms with Gasteiger partial charge in [0.05, 0.1) is 0 Å². The maximum Gasteiger partial charge on any atom is 0.303 e. The lowest BCUT2D eigenvalue weighted by atomic mass is 10.1. The third kappa shape index (κ3) is 3.70. The number of hydrogen-bond acceptors (Lipinski definition) is 2. The molecular formula is C13H15BrClNO2. The van der Waals surface area contributed by atoms with Gasteiger partial charge < -0.3 is 5.11 Å². The summed E-state index contributed by atoms with van der Waals surface area (Å²) in [6.45, 7) is 2.67. The molecule has 18 heavy (non-hydrogen) atoms. The van der Waals surface area contributed by atoms with Gasteiger partial charge in [-0.2, -0.15) is 0 Å². The van der Waals surface area contributed by atoms with Gasteiger partial charge in [0.1, 0.15) is 0 Å². The van der Waals surface area contributed by atoms with Crippen LogP contribution in [0.4, 0.5) is 0 Å². The molecule has 1 aromatic carbocycles. The highest BCUT2D eigenvalue weighted by Gasteiger charge is 2.24. The van der Waals surface area contributed by atoms with Crippen molar-refractivity contribution in [3.05, 3.63) is 33.3 Å². The maximum atomic E-state index is 10.7. The van der Waals surface area contributed by atoms with Crippen molar-refractivity contribution in [3.63, 3.8) is 0 Å². The van der Waals surface area contributed by atoms with Crippen molar-refractivity contribution in [2.24, 2.45) is 5.92 Å². The molecule has 0 bridgehead atoms. The van der Waals surface area contributed by atoms with E-state index in [0.717, 1.165) is 35.6 Å². The highest BCUT2D eigenvalue weighted by atomic mass is 79.9. The molecular weight excluding hydrogens is 318 g/mol. The van der Waals surface area contributed by atoms with E-state index in [4.69, 9.17) is 16.7 Å². The SMILES string of the molecule is O=C(O)CC1CCN(Cc2ccc(Cl)cc2Br)C1. The Bertz CT molecular complexity index is 453. The van der Waals surface area contributed by atoms with E-state index in [1.54, 1.807) is 0 Å². The number of rotatable bonds is 4. The van der Waals surface area contributed by atoms with Crippen LogP contribution in [0.2, 0.25) is 5.02 Å². The normalized spacial score (nSPS) is 20.2. The first-order valence-electron chi connectivity index (χ1n) is 5.92. The minimum Gasteiger partial charge on any atom is -0.481 e. The highest BCUT2D eigenvalue weighted by molar-refractivity contribution is 9.10. The second kappa shape index (κ2) is 6.04. The van der Waals surface area contributed by atoms with Crippen LogP contribution in [-0.4, -0.2) is 29.1 Å². The topological polar surface area (TPSA) is 40.5 Å². The van der Waals surface area contributed by atoms with Gasteiger partial charge in [-0.15, -0.1) is 0 Å². The molecule has 0 aromatic heterocycles. The fraction of sp³-hybridized carbons (Fsp3) is 0.462. The van der Waals surface area contributed by atoms with Gasteiger partial charge in [-0.25, -0.2) is 0 Å². The van der Waals surface area contributed by atoms with Gasteiger partial charge in [0, 0.05) is 29.0 Å². The number of carboxylic acid groups (broad SMARTS) is 1. The van der Waals surface area contributed by atoms with Crippen LogP contribution >= 0.6 is 27.5 Å². The summed E-state index contributed by atoms with van der Waals surface area (Å²) in [4.78, 5) is 13.0. The van der Waals surface area contributed by atoms with E-state index >= 15 is 0 Å². The minimum atomic E-state index is -0.700. The van der Waals surface area contributed by atoms with Crippen molar-refractivity contribution >= 4 is 33.5 Å². The zero-order chi connectivity index (χ0) is 13.1. The molecule has 1 aliphatic heterocycles. The first-order valence-corrected chi connectivity index (χ1v) is 7.10. The quantitative estimate of drug-likeness (QED) is 0.918. The lowest BCUT2D eigenvalue weighted by molar-refractivity contribution is -0.138. The summed E-state index contributed by atoms with van der Waals surface area (Å²) >= 11 is 9.41. The Hall–Kier alpha value is -0.580. The van der Waals surface area contributed by atoms with Crippen LogP contribution < -0.4 is 0 Å². The number of benzene rings is 1. The second-order valence-electron chi connectivity index (χ2n) is 4.72. The molecule has 0 radical (unpaired) electrons. The van der Waals surface area contributed by atoms with Gasteiger partial charge in [-0.1, -0.05) is 33.6 Å². The van der Waals surface area contributed by atoms with E-state index in [-0.39, 0.29) is 12.3 Å². The van der Waals surface area contributed by atoms with Gasteiger partial charge in [-0.3, -0.25) is 9.69 Å². The van der Waals surface area contributed by atoms with Crippen LogP contribution in [-0.2, 0) is 11.3 Å². The number of carboxylic acids is 1. The first kappa shape index (κ1) is 13.8. The Morgan fingerprint density at radius 2 is 2.33 bits per heavy atom. The van der Waals surface area contributed by atoms with Crippen molar-refractivity contribution in [2.75, 3.05) is 13.1 Å². The Kier molecular flexibility index (Phi) is 4.65. The molecule has 5 heteroatoms. The molecule has 1 saturated heterocycles. The van der Waals surface area contributed by atoms with Crippen LogP contribution in [0.5, 0.6) is 0 Å². The Labute approximate surface area is 120 Å². The van der Waals surface area contributed by atoms with Crippen LogP contribution in [0.1, 0.15) is 18.4 Å². The Balaban J connectivity index is 1.93. The van der Waals surface area contributed by atoms with Crippen LogP contribution in [0.15, 0.2) is 22.7 Å². The zero-order valence-electron chi connectivity index (χ0n) is 9.90. The molecule has 0 saturated carbocycles. The van der Waals surface area contributed by atoms with Crippen molar-refractivity contribution in [2.45, 2.75) is 19.4 Å². The number of nitrogens with zero attached hydrogens (tertiary/aromatic N) is 1. The number of halogens is 2. The molecule has 1 heterocycles. The summed E-state index contributed by atoms with van der Waals surface area (Å²) in [5.41, 5.74) is 1.19. The summed E-state index contributed by atoms with van der Waals surface area (Å²) in [5.74, 6) is -0.414. The third-order valence-electron chi connectivity index (χ3n) is 3.24. The predicted octanol–water partition coefficient (Wildman–Crippen LogP) is 3.40. The minimum absolute atomic E-state index is 0.276. The molecule has 3 nitrogen and oxygen atoms in total. The number of carbonyl (C=O) groups is 1. The summed E-state index contributed by atoms with van der Waals surface area (Å²) in [6.07, 6.45) is 1.25. The Morgan fingerprint density at radius 1 is 1.56 bits per heavy atom. The van der Waals surface area contributed by atoms with Crippen LogP contribution in [0.25, 0.3) is 0 Å². The largest absolute Gasteiger partial charge is 0.481 e. The molecule has 1 aliphatic rings. The smallest absolute Gasteiger partial charge is 0.303 e. The molecule has 1 N–H and O–H groups in total. The van der Waals surface area contributed by atoms with Gasteiger partial charge in [0.2, 0.25) is 0 Å². The number of aliphatic carboxylic acids is 1. The van der Waals surface area contributed by atoms with E-state index in [1.165, 1.54) is 5.56 Å². The molecule has 0 aliphatic carbocycles. The summed E-state index contributed by atoms with van der Waals surface area (Å²) in [5, 5.41) is 9.50. The number of likely N-dealkylation sites (tertiary alicyclic amines) is 1. The van der Waals surface area contributed by atoms with Gasteiger partial charge >= 0.3 is 5.97 Å². The molecule has 98 valence electrons. The average Bonchev–Trinajstić information content (AvgIpc) is 2.69. The van der Waals surface area contributed by atoms with Crippen molar-refractivity contribution in [3.8, 4) is 0 Å². The van der Waals surface area contributed by atoms with E-state index in [1.807, 2.05) is 18.2 Å². The molecule has 1 atom stereocenters. The number of hydrogen-bond donors (Lipinski definition) is 1. The van der Waals surface area contributed by atoms with Crippen LogP contribution in [0.3, 0.4) is 0 Å². The van der Waals surface area contributed by atoms with Crippen molar-refractivity contribution < 1.29 is 9.90 Å². The molecule has 2 rings (SSSR count). The van der Waals surface area contributed by atoms with E-state index in [9.17, 15) is 4.79 Å². The van der Waals surface area contributed by atoms with Gasteiger partial charge in [0.15, 0.2) is 0 Å². The van der Waals surface area contributed by atoms with Gasteiger partial charge in [0.25, 0.3) is 0 Å². The Morgan fingerprint density at radius 3 is 3.00 bits per heavy atom. The van der Waals surface area contributed by atoms with Crippen molar-refractivity contribution in [1.29, 1.82) is 0 Å². The maximum absolute atomic E-state index is 10.7. The third-order valence-corrected chi connectivity index (χ3v) is 4.22. The lowest BCUT2D eigenvalue weighted by Crippen LogP contribution is -2.21. The summed E-state index contributed by atoms with van der Waals surface area (Å²) in [6, 6.07) is 5.78. The fourth-order valence-electron chi connectivity index (χ4n) is 2.36. The standard InChI is InChI=1S/C13H15BrClNO2/c14-12-6-11(15)2-1-10(12)8-16-4-3-9(7-16)5-13(17)18/h1-2,6,9H,3-5,7-8H2,(H,17,18). The first-order chi connectivity index (χ1) is 8.54. The van der Waals surface area contributed by atoms with E-state index < -0.39 is 5.97 Å². The lowest BCUT2D eigenvalue weighted by Gasteiger charge is -2.16. The monoisotopic (exact) mass is 331 g/mol. The van der Waals surface area contributed by atoms with E-state index in [0.29, 0.717) is 0 Å². The molecule has 1 aromatic rings. The zero-order valence-corrected chi connectivity index (χ0v) is 12.2. The van der Waals surface area contributed by atoms with E-state index in [2.05, 4.69) is 20.8 Å². The molecule has 0 spiro atoms. The summed E-state index contributed by atoms with van der Waals surface area (Å²) in [7, 11) is 0. The molecule has 1 fully saturated rings.